The zero-order valence-corrected chi connectivity index (χ0v) is 13.4. The van der Waals surface area contributed by atoms with Gasteiger partial charge in [-0.3, -0.25) is 0 Å². The Morgan fingerprint density at radius 2 is 1.40 bits per heavy atom. The summed E-state index contributed by atoms with van der Waals surface area (Å²) in [6, 6.07) is 5.46. The van der Waals surface area contributed by atoms with Crippen molar-refractivity contribution in [3.63, 3.8) is 0 Å². The maximum Gasteiger partial charge on any atom is 0.146 e. The van der Waals surface area contributed by atoms with Crippen LogP contribution < -0.4 is 0 Å². The Labute approximate surface area is 105 Å². The average molecular weight is 265 g/mol. The third-order valence-electron chi connectivity index (χ3n) is 1.62. The predicted octanol–water partition coefficient (Wildman–Crippen LogP) is 3.38. The fourth-order valence-corrected chi connectivity index (χ4v) is 1.33. The first kappa shape index (κ1) is 15.0. The summed E-state index contributed by atoms with van der Waals surface area (Å²) >= 11 is 11.3. The molecule has 0 unspecified atom stereocenters. The summed E-state index contributed by atoms with van der Waals surface area (Å²) in [7, 11) is 0.848. The number of halogens is 2. The van der Waals surface area contributed by atoms with Gasteiger partial charge in [0.1, 0.15) is 10.5 Å². The van der Waals surface area contributed by atoms with E-state index in [4.69, 9.17) is 27.6 Å². The Hall–Kier alpha value is -0.0231. The van der Waals surface area contributed by atoms with E-state index < -0.39 is 0 Å². The fourth-order valence-electron chi connectivity index (χ4n) is 0.692. The zero-order chi connectivity index (χ0) is 12.1. The van der Waals surface area contributed by atoms with E-state index in [1.807, 2.05) is 19.1 Å². The summed E-state index contributed by atoms with van der Waals surface area (Å²) in [5.74, 6) is 0. The van der Waals surface area contributed by atoms with Gasteiger partial charge < -0.3 is 4.43 Å². The molecule has 15 heavy (non-hydrogen) atoms. The highest BCUT2D eigenvalue weighted by molar-refractivity contribution is 6.34. The highest BCUT2D eigenvalue weighted by Gasteiger charge is 2.03. The lowest BCUT2D eigenvalue weighted by Crippen LogP contribution is -2.16. The highest BCUT2D eigenvalue weighted by atomic mass is 35.5. The Morgan fingerprint density at radius 3 is 1.60 bits per heavy atom. The third-order valence-corrected chi connectivity index (χ3v) is 3.28. The Kier molecular flexibility index (Phi) is 6.53. The van der Waals surface area contributed by atoms with E-state index in [1.54, 1.807) is 6.07 Å². The second-order valence-corrected chi connectivity index (χ2v) is 5.54. The molecule has 0 heterocycles. The van der Waals surface area contributed by atoms with Gasteiger partial charge >= 0.3 is 0 Å². The van der Waals surface area contributed by atoms with Crippen LogP contribution in [-0.2, 0) is 4.43 Å². The van der Waals surface area contributed by atoms with Crippen molar-refractivity contribution < 1.29 is 4.43 Å². The molecule has 0 aliphatic heterocycles. The smallest absolute Gasteiger partial charge is 0.146 e. The lowest BCUT2D eigenvalue weighted by molar-refractivity contribution is 0.147. The molecule has 1 rings (SSSR count). The number of benzene rings is 1. The van der Waals surface area contributed by atoms with E-state index in [0.717, 1.165) is 16.0 Å². The van der Waals surface area contributed by atoms with Gasteiger partial charge in [0.05, 0.1) is 0 Å². The summed E-state index contributed by atoms with van der Waals surface area (Å²) in [6.45, 7) is 8.12. The number of hydrogen-bond donors (Lipinski definition) is 0. The van der Waals surface area contributed by atoms with E-state index >= 15 is 0 Å². The van der Waals surface area contributed by atoms with Gasteiger partial charge in [0.15, 0.2) is 0 Å². The standard InChI is InChI=1S/C7H6Cl2.C4H12OSi/c1-5-2-6(8)4-7(9)3-5;1-4(2,3)5-6/h2-4H,1H3;1-3,6H3. The molecule has 0 bridgehead atoms. The minimum absolute atomic E-state index is 0.103. The summed E-state index contributed by atoms with van der Waals surface area (Å²) in [5, 5.41) is 1.39. The van der Waals surface area contributed by atoms with E-state index in [0.29, 0.717) is 10.0 Å². The van der Waals surface area contributed by atoms with Crippen LogP contribution in [0.25, 0.3) is 0 Å². The molecule has 4 heteroatoms. The average Bonchev–Trinajstić information content (AvgIpc) is 2.01. The molecule has 1 aromatic carbocycles. The van der Waals surface area contributed by atoms with Crippen molar-refractivity contribution in [1.82, 2.24) is 0 Å². The molecule has 86 valence electrons. The van der Waals surface area contributed by atoms with Crippen LogP contribution in [0.4, 0.5) is 0 Å². The minimum atomic E-state index is 0.103. The summed E-state index contributed by atoms with van der Waals surface area (Å²) in [5.41, 5.74) is 1.19. The second kappa shape index (κ2) is 6.54. The van der Waals surface area contributed by atoms with E-state index in [9.17, 15) is 0 Å². The van der Waals surface area contributed by atoms with Gasteiger partial charge in [-0.2, -0.15) is 0 Å². The summed E-state index contributed by atoms with van der Waals surface area (Å²) in [4.78, 5) is 0. The first-order valence-electron chi connectivity index (χ1n) is 4.72. The first-order valence-corrected chi connectivity index (χ1v) is 6.29. The lowest BCUT2D eigenvalue weighted by Gasteiger charge is -2.15. The summed E-state index contributed by atoms with van der Waals surface area (Å²) in [6.07, 6.45) is 0. The molecule has 0 saturated carbocycles. The van der Waals surface area contributed by atoms with Gasteiger partial charge in [0.2, 0.25) is 0 Å². The van der Waals surface area contributed by atoms with Crippen LogP contribution in [0.2, 0.25) is 10.0 Å². The first-order chi connectivity index (χ1) is 6.74. The van der Waals surface area contributed by atoms with E-state index in [-0.39, 0.29) is 5.60 Å². The highest BCUT2D eigenvalue weighted by Crippen LogP contribution is 2.17. The van der Waals surface area contributed by atoms with Crippen LogP contribution in [0.5, 0.6) is 0 Å². The molecule has 0 N–H and O–H groups in total. The molecule has 0 fully saturated rings. The SMILES string of the molecule is CC(C)(C)O[SiH3].Cc1cc(Cl)cc(Cl)c1. The number of rotatable bonds is 0. The normalized spacial score (nSPS) is 10.8. The van der Waals surface area contributed by atoms with Crippen molar-refractivity contribution in [3.05, 3.63) is 33.8 Å². The van der Waals surface area contributed by atoms with Crippen LogP contribution in [0.3, 0.4) is 0 Å². The van der Waals surface area contributed by atoms with Crippen molar-refractivity contribution in [3.8, 4) is 0 Å². The van der Waals surface area contributed by atoms with Crippen LogP contribution >= 0.6 is 23.2 Å². The van der Waals surface area contributed by atoms with Crippen molar-refractivity contribution in [2.75, 3.05) is 0 Å². The van der Waals surface area contributed by atoms with Crippen LogP contribution in [0, 0.1) is 6.92 Å². The summed E-state index contributed by atoms with van der Waals surface area (Å²) < 4.78 is 5.08. The maximum atomic E-state index is 5.67. The molecule has 0 saturated heterocycles. The van der Waals surface area contributed by atoms with Gasteiger partial charge in [-0.05, 0) is 51.5 Å². The van der Waals surface area contributed by atoms with E-state index in [1.165, 1.54) is 0 Å². The Bertz CT molecular complexity index is 257. The molecule has 0 aromatic heterocycles. The van der Waals surface area contributed by atoms with Crippen LogP contribution in [0.15, 0.2) is 18.2 Å². The molecule has 1 aromatic rings. The van der Waals surface area contributed by atoms with Crippen molar-refractivity contribution in [2.45, 2.75) is 33.3 Å². The third kappa shape index (κ3) is 8.94. The Balaban J connectivity index is 0.000000288. The topological polar surface area (TPSA) is 9.23 Å². The maximum absolute atomic E-state index is 5.67. The lowest BCUT2D eigenvalue weighted by atomic mass is 10.2. The monoisotopic (exact) mass is 264 g/mol. The molecule has 0 atom stereocenters. The number of aryl methyl sites for hydroxylation is 1. The molecule has 0 aliphatic rings. The van der Waals surface area contributed by atoms with E-state index in [2.05, 4.69) is 20.8 Å². The fraction of sp³-hybridized carbons (Fsp3) is 0.455. The van der Waals surface area contributed by atoms with Crippen LogP contribution in [0.1, 0.15) is 26.3 Å². The van der Waals surface area contributed by atoms with Gasteiger partial charge in [-0.1, -0.05) is 23.2 Å². The molecule has 0 radical (unpaired) electrons. The van der Waals surface area contributed by atoms with Crippen molar-refractivity contribution >= 4 is 33.7 Å². The van der Waals surface area contributed by atoms with Gasteiger partial charge in [0.25, 0.3) is 0 Å². The van der Waals surface area contributed by atoms with Gasteiger partial charge in [-0.25, -0.2) is 0 Å². The van der Waals surface area contributed by atoms with Crippen molar-refractivity contribution in [1.29, 1.82) is 0 Å². The Morgan fingerprint density at radius 1 is 1.07 bits per heavy atom. The van der Waals surface area contributed by atoms with Gasteiger partial charge in [-0.15, -0.1) is 0 Å². The number of hydrogen-bond acceptors (Lipinski definition) is 1. The largest absolute Gasteiger partial charge is 0.423 e. The molecule has 0 amide bonds. The molecule has 1 nitrogen and oxygen atoms in total. The predicted molar refractivity (Wildman–Crippen MR) is 72.0 cm³/mol. The molecular weight excluding hydrogens is 247 g/mol. The molecular formula is C11H18Cl2OSi. The zero-order valence-electron chi connectivity index (χ0n) is 9.90. The van der Waals surface area contributed by atoms with Gasteiger partial charge in [0, 0.05) is 15.6 Å². The molecule has 0 aliphatic carbocycles. The minimum Gasteiger partial charge on any atom is -0.423 e. The van der Waals surface area contributed by atoms with Crippen LogP contribution in [-0.4, -0.2) is 16.1 Å². The quantitative estimate of drug-likeness (QED) is 0.653. The molecule has 0 spiro atoms. The van der Waals surface area contributed by atoms with Crippen molar-refractivity contribution in [2.24, 2.45) is 0 Å². The second-order valence-electron chi connectivity index (χ2n) is 4.26.